The monoisotopic (exact) mass is 424 g/mol. The highest BCUT2D eigenvalue weighted by Crippen LogP contribution is 2.23. The number of aryl methyl sites for hydroxylation is 2. The molecule has 30 heavy (non-hydrogen) atoms. The van der Waals surface area contributed by atoms with Crippen LogP contribution in [0.2, 0.25) is 5.02 Å². The Labute approximate surface area is 180 Å². The van der Waals surface area contributed by atoms with E-state index in [0.29, 0.717) is 31.2 Å². The van der Waals surface area contributed by atoms with Gasteiger partial charge in [0, 0.05) is 35.4 Å². The molecule has 0 aliphatic rings. The fraction of sp³-hybridized carbons (Fsp3) is 0.304. The molecule has 3 aromatic heterocycles. The Kier molecular flexibility index (Phi) is 6.18. The standard InChI is InChI=1S/C23H25ClN4O2/c1-16-10-17(2)28(26-16)14-20(29)13-27(15-21-4-3-9-30-21)12-18-7-8-25-23-6-5-19(24)11-22(18)23/h3-11,20,29H,12-15H2,1-2H3. The number of fused-ring (bicyclic) bond motifs is 1. The van der Waals surface area contributed by atoms with E-state index in [2.05, 4.69) is 15.0 Å². The van der Waals surface area contributed by atoms with E-state index < -0.39 is 6.10 Å². The molecule has 3 heterocycles. The maximum absolute atomic E-state index is 10.8. The fourth-order valence-electron chi connectivity index (χ4n) is 3.78. The fourth-order valence-corrected chi connectivity index (χ4v) is 3.95. The molecule has 0 aliphatic heterocycles. The number of rotatable bonds is 8. The molecule has 4 aromatic rings. The zero-order valence-corrected chi connectivity index (χ0v) is 17.9. The Morgan fingerprint density at radius 2 is 2.03 bits per heavy atom. The second-order valence-corrected chi connectivity index (χ2v) is 8.08. The molecule has 0 radical (unpaired) electrons. The van der Waals surface area contributed by atoms with Crippen LogP contribution in [0.5, 0.6) is 0 Å². The second kappa shape index (κ2) is 9.00. The van der Waals surface area contributed by atoms with E-state index >= 15 is 0 Å². The molecule has 0 saturated carbocycles. The summed E-state index contributed by atoms with van der Waals surface area (Å²) >= 11 is 6.23. The van der Waals surface area contributed by atoms with Gasteiger partial charge in [-0.15, -0.1) is 0 Å². The summed E-state index contributed by atoms with van der Waals surface area (Å²) in [7, 11) is 0. The number of hydrogen-bond donors (Lipinski definition) is 1. The van der Waals surface area contributed by atoms with Crippen molar-refractivity contribution in [2.45, 2.75) is 39.6 Å². The molecule has 0 spiro atoms. The van der Waals surface area contributed by atoms with Crippen molar-refractivity contribution >= 4 is 22.5 Å². The Morgan fingerprint density at radius 3 is 2.77 bits per heavy atom. The van der Waals surface area contributed by atoms with Crippen LogP contribution in [0.3, 0.4) is 0 Å². The predicted molar refractivity (Wildman–Crippen MR) is 117 cm³/mol. The summed E-state index contributed by atoms with van der Waals surface area (Å²) in [6.07, 6.45) is 2.90. The van der Waals surface area contributed by atoms with Gasteiger partial charge in [0.25, 0.3) is 0 Å². The Morgan fingerprint density at radius 1 is 1.17 bits per heavy atom. The van der Waals surface area contributed by atoms with Gasteiger partial charge < -0.3 is 9.52 Å². The summed E-state index contributed by atoms with van der Waals surface area (Å²) in [6, 6.07) is 13.6. The van der Waals surface area contributed by atoms with Crippen LogP contribution in [-0.4, -0.2) is 37.4 Å². The number of pyridine rings is 1. The maximum Gasteiger partial charge on any atom is 0.117 e. The summed E-state index contributed by atoms with van der Waals surface area (Å²) in [4.78, 5) is 6.61. The number of furan rings is 1. The van der Waals surface area contributed by atoms with E-state index in [1.807, 2.05) is 67.2 Å². The van der Waals surface area contributed by atoms with Crippen LogP contribution >= 0.6 is 11.6 Å². The predicted octanol–water partition coefficient (Wildman–Crippen LogP) is 4.36. The van der Waals surface area contributed by atoms with E-state index in [-0.39, 0.29) is 0 Å². The third-order valence-corrected chi connectivity index (χ3v) is 5.34. The lowest BCUT2D eigenvalue weighted by Crippen LogP contribution is -2.34. The van der Waals surface area contributed by atoms with E-state index in [0.717, 1.165) is 33.6 Å². The minimum Gasteiger partial charge on any atom is -0.468 e. The zero-order chi connectivity index (χ0) is 21.1. The minimum atomic E-state index is -0.574. The van der Waals surface area contributed by atoms with E-state index in [1.54, 1.807) is 6.26 Å². The highest BCUT2D eigenvalue weighted by molar-refractivity contribution is 6.31. The summed E-state index contributed by atoms with van der Waals surface area (Å²) in [6.45, 7) is 6.10. The van der Waals surface area contributed by atoms with Crippen molar-refractivity contribution in [3.63, 3.8) is 0 Å². The topological polar surface area (TPSA) is 67.3 Å². The van der Waals surface area contributed by atoms with Gasteiger partial charge in [-0.2, -0.15) is 5.10 Å². The van der Waals surface area contributed by atoms with Crippen molar-refractivity contribution in [2.24, 2.45) is 0 Å². The van der Waals surface area contributed by atoms with Gasteiger partial charge in [-0.05, 0) is 61.9 Å². The van der Waals surface area contributed by atoms with Gasteiger partial charge >= 0.3 is 0 Å². The summed E-state index contributed by atoms with van der Waals surface area (Å²) in [5.41, 5.74) is 4.00. The SMILES string of the molecule is Cc1cc(C)n(CC(O)CN(Cc2ccco2)Cc2ccnc3ccc(Cl)cc23)n1. The number of halogens is 1. The van der Waals surface area contributed by atoms with Crippen molar-refractivity contribution in [3.8, 4) is 0 Å². The molecule has 1 aromatic carbocycles. The molecule has 0 saturated heterocycles. The molecule has 156 valence electrons. The number of benzene rings is 1. The van der Waals surface area contributed by atoms with Crippen LogP contribution in [0.25, 0.3) is 10.9 Å². The molecule has 0 aliphatic carbocycles. The third kappa shape index (κ3) is 4.90. The van der Waals surface area contributed by atoms with Crippen molar-refractivity contribution in [2.75, 3.05) is 6.54 Å². The first-order chi connectivity index (χ1) is 14.5. The molecule has 0 fully saturated rings. The minimum absolute atomic E-state index is 0.442. The molecule has 7 heteroatoms. The average Bonchev–Trinajstić information content (AvgIpc) is 3.31. The molecular formula is C23H25ClN4O2. The molecular weight excluding hydrogens is 400 g/mol. The number of aromatic nitrogens is 3. The van der Waals surface area contributed by atoms with Crippen LogP contribution in [0, 0.1) is 13.8 Å². The Balaban J connectivity index is 1.55. The zero-order valence-electron chi connectivity index (χ0n) is 17.1. The van der Waals surface area contributed by atoms with Gasteiger partial charge in [-0.1, -0.05) is 11.6 Å². The van der Waals surface area contributed by atoms with Gasteiger partial charge in [0.1, 0.15) is 5.76 Å². The summed E-state index contributed by atoms with van der Waals surface area (Å²) in [5.74, 6) is 0.852. The van der Waals surface area contributed by atoms with Crippen molar-refractivity contribution in [3.05, 3.63) is 82.7 Å². The van der Waals surface area contributed by atoms with Crippen LogP contribution < -0.4 is 0 Å². The lowest BCUT2D eigenvalue weighted by molar-refractivity contribution is 0.0841. The highest BCUT2D eigenvalue weighted by atomic mass is 35.5. The van der Waals surface area contributed by atoms with Gasteiger partial charge in [0.15, 0.2) is 0 Å². The van der Waals surface area contributed by atoms with Crippen molar-refractivity contribution in [1.29, 1.82) is 0 Å². The van der Waals surface area contributed by atoms with Crippen molar-refractivity contribution < 1.29 is 9.52 Å². The number of aliphatic hydroxyl groups is 1. The first-order valence-corrected chi connectivity index (χ1v) is 10.3. The lowest BCUT2D eigenvalue weighted by Gasteiger charge is -2.25. The third-order valence-electron chi connectivity index (χ3n) is 5.10. The molecule has 0 bridgehead atoms. The lowest BCUT2D eigenvalue weighted by atomic mass is 10.1. The highest BCUT2D eigenvalue weighted by Gasteiger charge is 2.17. The average molecular weight is 425 g/mol. The first kappa shape index (κ1) is 20.6. The molecule has 1 unspecified atom stereocenters. The first-order valence-electron chi connectivity index (χ1n) is 9.95. The quantitative estimate of drug-likeness (QED) is 0.455. The molecule has 4 rings (SSSR count). The Hall–Kier alpha value is -2.67. The number of hydrogen-bond acceptors (Lipinski definition) is 5. The summed E-state index contributed by atoms with van der Waals surface area (Å²) in [5, 5.41) is 17.0. The van der Waals surface area contributed by atoms with Gasteiger partial charge in [-0.3, -0.25) is 14.6 Å². The maximum atomic E-state index is 10.8. The molecule has 1 N–H and O–H groups in total. The second-order valence-electron chi connectivity index (χ2n) is 7.64. The van der Waals surface area contributed by atoms with E-state index in [9.17, 15) is 5.11 Å². The normalized spacial score (nSPS) is 12.7. The number of nitrogens with zero attached hydrogens (tertiary/aromatic N) is 4. The van der Waals surface area contributed by atoms with Gasteiger partial charge in [-0.25, -0.2) is 0 Å². The van der Waals surface area contributed by atoms with Gasteiger partial charge in [0.2, 0.25) is 0 Å². The molecule has 1 atom stereocenters. The molecule has 0 amide bonds. The van der Waals surface area contributed by atoms with E-state index in [1.165, 1.54) is 0 Å². The Bertz CT molecular complexity index is 1120. The van der Waals surface area contributed by atoms with Crippen LogP contribution in [0.1, 0.15) is 22.7 Å². The van der Waals surface area contributed by atoms with Crippen molar-refractivity contribution in [1.82, 2.24) is 19.7 Å². The largest absolute Gasteiger partial charge is 0.468 e. The van der Waals surface area contributed by atoms with Crippen LogP contribution in [-0.2, 0) is 19.6 Å². The van der Waals surface area contributed by atoms with Crippen LogP contribution in [0.4, 0.5) is 0 Å². The molecule has 6 nitrogen and oxygen atoms in total. The van der Waals surface area contributed by atoms with Gasteiger partial charge in [0.05, 0.1) is 36.7 Å². The van der Waals surface area contributed by atoms with Crippen LogP contribution in [0.15, 0.2) is 59.3 Å². The number of aliphatic hydroxyl groups excluding tert-OH is 1. The summed E-state index contributed by atoms with van der Waals surface area (Å²) < 4.78 is 7.41. The van der Waals surface area contributed by atoms with E-state index in [4.69, 9.17) is 16.0 Å². The smallest absolute Gasteiger partial charge is 0.117 e.